The first-order chi connectivity index (χ1) is 10.5. The van der Waals surface area contributed by atoms with Crippen LogP contribution in [0.5, 0.6) is 0 Å². The quantitative estimate of drug-likeness (QED) is 0.912. The summed E-state index contributed by atoms with van der Waals surface area (Å²) in [6.45, 7) is 3.79. The standard InChI is InChI=1S/C16H16F2N2O2/c1-3-19-16(22)12-8-20-9(2)13(14(12)21)10-5-4-6-11(7-10)15(17)18/h4-8,15H,3H2,1-2H3,(H,19,22)(H,20,21). The summed E-state index contributed by atoms with van der Waals surface area (Å²) in [7, 11) is 0. The monoisotopic (exact) mass is 306 g/mol. The fourth-order valence-corrected chi connectivity index (χ4v) is 2.23. The number of carbonyl (C=O) groups excluding carboxylic acids is 1. The summed E-state index contributed by atoms with van der Waals surface area (Å²) in [5.41, 5.74) is 0.427. The number of aromatic amines is 1. The molecule has 1 aromatic heterocycles. The van der Waals surface area contributed by atoms with E-state index in [2.05, 4.69) is 10.3 Å². The number of benzene rings is 1. The van der Waals surface area contributed by atoms with E-state index in [-0.39, 0.29) is 16.7 Å². The van der Waals surface area contributed by atoms with Crippen LogP contribution in [0.15, 0.2) is 35.3 Å². The molecule has 0 aliphatic rings. The number of hydrogen-bond acceptors (Lipinski definition) is 2. The first kappa shape index (κ1) is 15.9. The van der Waals surface area contributed by atoms with Gasteiger partial charge in [0.25, 0.3) is 12.3 Å². The van der Waals surface area contributed by atoms with E-state index >= 15 is 0 Å². The molecule has 2 N–H and O–H groups in total. The van der Waals surface area contributed by atoms with Gasteiger partial charge >= 0.3 is 0 Å². The molecule has 1 aromatic carbocycles. The Balaban J connectivity index is 2.60. The van der Waals surface area contributed by atoms with Gasteiger partial charge in [0.2, 0.25) is 5.43 Å². The second-order valence-corrected chi connectivity index (χ2v) is 4.82. The van der Waals surface area contributed by atoms with Gasteiger partial charge in [-0.25, -0.2) is 8.78 Å². The van der Waals surface area contributed by atoms with E-state index < -0.39 is 17.8 Å². The van der Waals surface area contributed by atoms with Gasteiger partial charge < -0.3 is 10.3 Å². The van der Waals surface area contributed by atoms with E-state index in [9.17, 15) is 18.4 Å². The lowest BCUT2D eigenvalue weighted by atomic mass is 9.99. The van der Waals surface area contributed by atoms with Crippen molar-refractivity contribution >= 4 is 5.91 Å². The predicted molar refractivity (Wildman–Crippen MR) is 80.2 cm³/mol. The van der Waals surface area contributed by atoms with Crippen molar-refractivity contribution in [2.24, 2.45) is 0 Å². The van der Waals surface area contributed by atoms with E-state index in [4.69, 9.17) is 0 Å². The van der Waals surface area contributed by atoms with Gasteiger partial charge in [0.15, 0.2) is 0 Å². The van der Waals surface area contributed by atoms with Crippen LogP contribution in [0, 0.1) is 6.92 Å². The van der Waals surface area contributed by atoms with E-state index in [0.717, 1.165) is 0 Å². The number of H-pyrrole nitrogens is 1. The summed E-state index contributed by atoms with van der Waals surface area (Å²) >= 11 is 0. The molecule has 0 aliphatic heterocycles. The van der Waals surface area contributed by atoms with Crippen LogP contribution >= 0.6 is 0 Å². The molecule has 116 valence electrons. The molecule has 6 heteroatoms. The molecule has 0 saturated heterocycles. The average molecular weight is 306 g/mol. The highest BCUT2D eigenvalue weighted by Gasteiger charge is 2.17. The third-order valence-corrected chi connectivity index (χ3v) is 3.29. The molecule has 0 fully saturated rings. The molecule has 1 heterocycles. The Bertz CT molecular complexity index is 754. The van der Waals surface area contributed by atoms with Crippen molar-refractivity contribution in [2.75, 3.05) is 6.54 Å². The Morgan fingerprint density at radius 3 is 2.73 bits per heavy atom. The molecule has 0 atom stereocenters. The Morgan fingerprint density at radius 2 is 2.09 bits per heavy atom. The smallest absolute Gasteiger partial charge is 0.263 e. The van der Waals surface area contributed by atoms with Gasteiger partial charge in [-0.2, -0.15) is 0 Å². The van der Waals surface area contributed by atoms with Crippen LogP contribution < -0.4 is 10.7 Å². The molecule has 0 saturated carbocycles. The predicted octanol–water partition coefficient (Wildman–Crippen LogP) is 3.04. The van der Waals surface area contributed by atoms with Gasteiger partial charge in [-0.3, -0.25) is 9.59 Å². The highest BCUT2D eigenvalue weighted by atomic mass is 19.3. The largest absolute Gasteiger partial charge is 0.364 e. The van der Waals surface area contributed by atoms with Crippen LogP contribution in [0.2, 0.25) is 0 Å². The van der Waals surface area contributed by atoms with Crippen LogP contribution in [0.1, 0.15) is 35.0 Å². The number of pyridine rings is 1. The number of carbonyl (C=O) groups is 1. The van der Waals surface area contributed by atoms with Crippen molar-refractivity contribution in [3.05, 3.63) is 57.5 Å². The molecule has 0 radical (unpaired) electrons. The third-order valence-electron chi connectivity index (χ3n) is 3.29. The van der Waals surface area contributed by atoms with Crippen molar-refractivity contribution in [3.63, 3.8) is 0 Å². The number of amides is 1. The van der Waals surface area contributed by atoms with Crippen LogP contribution in [-0.2, 0) is 0 Å². The molecular weight excluding hydrogens is 290 g/mol. The molecule has 4 nitrogen and oxygen atoms in total. The number of halogens is 2. The van der Waals surface area contributed by atoms with Gasteiger partial charge in [0.05, 0.1) is 0 Å². The lowest BCUT2D eigenvalue weighted by Crippen LogP contribution is -2.29. The van der Waals surface area contributed by atoms with Crippen molar-refractivity contribution in [1.82, 2.24) is 10.3 Å². The van der Waals surface area contributed by atoms with Gasteiger partial charge in [0, 0.05) is 29.6 Å². The summed E-state index contributed by atoms with van der Waals surface area (Å²) in [5.74, 6) is -0.491. The number of aryl methyl sites for hydroxylation is 1. The summed E-state index contributed by atoms with van der Waals surface area (Å²) < 4.78 is 25.6. The molecular formula is C16H16F2N2O2. The molecule has 22 heavy (non-hydrogen) atoms. The van der Waals surface area contributed by atoms with Crippen LogP contribution in [0.4, 0.5) is 8.78 Å². The maximum Gasteiger partial charge on any atom is 0.263 e. The van der Waals surface area contributed by atoms with Crippen molar-refractivity contribution in [1.29, 1.82) is 0 Å². The first-order valence-corrected chi connectivity index (χ1v) is 6.84. The highest BCUT2D eigenvalue weighted by molar-refractivity contribution is 5.95. The number of alkyl halides is 2. The highest BCUT2D eigenvalue weighted by Crippen LogP contribution is 2.25. The maximum absolute atomic E-state index is 12.8. The second-order valence-electron chi connectivity index (χ2n) is 4.82. The van der Waals surface area contributed by atoms with Crippen LogP contribution in [0.3, 0.4) is 0 Å². The Labute approximate surface area is 126 Å². The normalized spacial score (nSPS) is 10.8. The third kappa shape index (κ3) is 3.05. The minimum Gasteiger partial charge on any atom is -0.364 e. The van der Waals surface area contributed by atoms with Crippen molar-refractivity contribution in [3.8, 4) is 11.1 Å². The lowest BCUT2D eigenvalue weighted by molar-refractivity contribution is 0.0954. The SMILES string of the molecule is CCNC(=O)c1c[nH]c(C)c(-c2cccc(C(F)F)c2)c1=O. The maximum atomic E-state index is 12.8. The van der Waals surface area contributed by atoms with Crippen LogP contribution in [0.25, 0.3) is 11.1 Å². The van der Waals surface area contributed by atoms with E-state index in [1.165, 1.54) is 24.4 Å². The molecule has 0 spiro atoms. The van der Waals surface area contributed by atoms with Gasteiger partial charge in [-0.15, -0.1) is 0 Å². The number of rotatable bonds is 4. The van der Waals surface area contributed by atoms with Crippen molar-refractivity contribution in [2.45, 2.75) is 20.3 Å². The summed E-state index contributed by atoms with van der Waals surface area (Å²) in [5, 5.41) is 2.55. The first-order valence-electron chi connectivity index (χ1n) is 6.84. The second kappa shape index (κ2) is 6.51. The summed E-state index contributed by atoms with van der Waals surface area (Å²) in [6, 6.07) is 5.61. The number of aromatic nitrogens is 1. The molecule has 0 bridgehead atoms. The molecule has 2 aromatic rings. The lowest BCUT2D eigenvalue weighted by Gasteiger charge is -2.10. The zero-order valence-corrected chi connectivity index (χ0v) is 12.2. The Morgan fingerprint density at radius 1 is 1.36 bits per heavy atom. The van der Waals surface area contributed by atoms with Crippen LogP contribution in [-0.4, -0.2) is 17.4 Å². The minimum absolute atomic E-state index is 0.0371. The molecule has 0 unspecified atom stereocenters. The zero-order valence-electron chi connectivity index (χ0n) is 12.2. The topological polar surface area (TPSA) is 62.0 Å². The number of nitrogens with one attached hydrogen (secondary N) is 2. The minimum atomic E-state index is -2.62. The van der Waals surface area contributed by atoms with E-state index in [1.807, 2.05) is 0 Å². The van der Waals surface area contributed by atoms with E-state index in [1.54, 1.807) is 19.9 Å². The fraction of sp³-hybridized carbons (Fsp3) is 0.250. The zero-order chi connectivity index (χ0) is 16.3. The van der Waals surface area contributed by atoms with Gasteiger partial charge in [-0.1, -0.05) is 18.2 Å². The molecule has 2 rings (SSSR count). The Kier molecular flexibility index (Phi) is 4.70. The van der Waals surface area contributed by atoms with Gasteiger partial charge in [0.1, 0.15) is 5.56 Å². The summed E-state index contributed by atoms with van der Waals surface area (Å²) in [6.07, 6.45) is -1.28. The fourth-order valence-electron chi connectivity index (χ4n) is 2.23. The van der Waals surface area contributed by atoms with E-state index in [0.29, 0.717) is 17.8 Å². The molecule has 0 aliphatic carbocycles. The average Bonchev–Trinajstić information content (AvgIpc) is 2.47. The summed E-state index contributed by atoms with van der Waals surface area (Å²) in [4.78, 5) is 27.3. The van der Waals surface area contributed by atoms with Crippen molar-refractivity contribution < 1.29 is 13.6 Å². The Hall–Kier alpha value is -2.50. The molecule has 1 amide bonds. The number of hydrogen-bond donors (Lipinski definition) is 2. The van der Waals surface area contributed by atoms with Gasteiger partial charge in [-0.05, 0) is 25.5 Å².